The summed E-state index contributed by atoms with van der Waals surface area (Å²) in [5, 5.41) is 5.30. The summed E-state index contributed by atoms with van der Waals surface area (Å²) < 4.78 is 13.3. The van der Waals surface area contributed by atoms with E-state index >= 15 is 0 Å². The summed E-state index contributed by atoms with van der Waals surface area (Å²) in [6, 6.07) is 9.67. The third-order valence-corrected chi connectivity index (χ3v) is 2.56. The average molecular weight is 259 g/mol. The van der Waals surface area contributed by atoms with Crippen LogP contribution in [0.4, 0.5) is 14.9 Å². The molecule has 5 heteroatoms. The largest absolute Gasteiger partial charge is 0.338 e. The average Bonchev–Trinajstić information content (AvgIpc) is 2.42. The lowest BCUT2D eigenvalue weighted by Gasteiger charge is -2.07. The van der Waals surface area contributed by atoms with Gasteiger partial charge < -0.3 is 10.6 Å². The van der Waals surface area contributed by atoms with Crippen molar-refractivity contribution in [2.24, 2.45) is 0 Å². The Balaban J connectivity index is 1.77. The second kappa shape index (κ2) is 6.49. The highest BCUT2D eigenvalue weighted by atomic mass is 19.1. The molecule has 4 nitrogen and oxygen atoms in total. The molecule has 1 aromatic heterocycles. The number of amides is 2. The molecule has 1 heterocycles. The Morgan fingerprint density at radius 2 is 2.05 bits per heavy atom. The van der Waals surface area contributed by atoms with E-state index in [4.69, 9.17) is 0 Å². The minimum atomic E-state index is -0.329. The van der Waals surface area contributed by atoms with Gasteiger partial charge in [0.1, 0.15) is 5.82 Å². The molecule has 0 aliphatic rings. The van der Waals surface area contributed by atoms with Crippen molar-refractivity contribution in [2.75, 3.05) is 11.9 Å². The zero-order chi connectivity index (χ0) is 13.5. The number of carbonyl (C=O) groups excluding carboxylic acids is 1. The van der Waals surface area contributed by atoms with Crippen molar-refractivity contribution >= 4 is 11.7 Å². The fraction of sp³-hybridized carbons (Fsp3) is 0.143. The highest BCUT2D eigenvalue weighted by Gasteiger charge is 2.03. The fourth-order valence-electron chi connectivity index (χ4n) is 1.62. The lowest BCUT2D eigenvalue weighted by Crippen LogP contribution is -2.30. The van der Waals surface area contributed by atoms with Gasteiger partial charge in [-0.2, -0.15) is 0 Å². The molecule has 0 aliphatic heterocycles. The van der Waals surface area contributed by atoms with Crippen LogP contribution in [0, 0.1) is 5.82 Å². The molecule has 0 saturated heterocycles. The van der Waals surface area contributed by atoms with E-state index in [-0.39, 0.29) is 11.8 Å². The van der Waals surface area contributed by atoms with Crippen molar-refractivity contribution in [2.45, 2.75) is 6.42 Å². The Hall–Kier alpha value is -2.43. The van der Waals surface area contributed by atoms with Crippen molar-refractivity contribution in [3.63, 3.8) is 0 Å². The van der Waals surface area contributed by atoms with Crippen LogP contribution >= 0.6 is 0 Å². The molecular weight excluding hydrogens is 245 g/mol. The van der Waals surface area contributed by atoms with E-state index < -0.39 is 0 Å². The Bertz CT molecular complexity index is 545. The number of pyridine rings is 1. The minimum absolute atomic E-state index is 0.253. The molecule has 2 rings (SSSR count). The van der Waals surface area contributed by atoms with Gasteiger partial charge in [0, 0.05) is 12.7 Å². The summed E-state index contributed by atoms with van der Waals surface area (Å²) in [5.74, 6) is -0.253. The van der Waals surface area contributed by atoms with E-state index in [0.29, 0.717) is 24.2 Å². The number of benzene rings is 1. The van der Waals surface area contributed by atoms with Crippen molar-refractivity contribution in [1.82, 2.24) is 10.3 Å². The number of anilines is 1. The molecule has 2 amide bonds. The molecule has 0 unspecified atom stereocenters. The number of urea groups is 1. The van der Waals surface area contributed by atoms with Crippen LogP contribution in [0.2, 0.25) is 0 Å². The first-order chi connectivity index (χ1) is 9.25. The predicted octanol–water partition coefficient (Wildman–Crippen LogP) is 2.58. The zero-order valence-electron chi connectivity index (χ0n) is 10.3. The highest BCUT2D eigenvalue weighted by Crippen LogP contribution is 2.06. The van der Waals surface area contributed by atoms with Crippen LogP contribution in [-0.4, -0.2) is 17.6 Å². The second-order valence-corrected chi connectivity index (χ2v) is 3.96. The summed E-state index contributed by atoms with van der Waals surface area (Å²) in [6.07, 6.45) is 3.63. The molecule has 19 heavy (non-hydrogen) atoms. The molecule has 2 aromatic rings. The number of nitrogens with zero attached hydrogens (tertiary/aromatic N) is 1. The highest BCUT2D eigenvalue weighted by molar-refractivity contribution is 5.88. The number of hydrogen-bond acceptors (Lipinski definition) is 2. The van der Waals surface area contributed by atoms with E-state index in [1.807, 2.05) is 0 Å². The van der Waals surface area contributed by atoms with Crippen LogP contribution in [0.5, 0.6) is 0 Å². The zero-order valence-corrected chi connectivity index (χ0v) is 10.3. The van der Waals surface area contributed by atoms with Gasteiger partial charge in [0.2, 0.25) is 0 Å². The number of halogens is 1. The van der Waals surface area contributed by atoms with E-state index in [9.17, 15) is 9.18 Å². The third kappa shape index (κ3) is 4.06. The summed E-state index contributed by atoms with van der Waals surface area (Å²) in [6.45, 7) is 0.368. The van der Waals surface area contributed by atoms with E-state index in [2.05, 4.69) is 15.6 Å². The van der Waals surface area contributed by atoms with E-state index in [1.165, 1.54) is 6.07 Å². The quantitative estimate of drug-likeness (QED) is 0.886. The molecule has 0 bridgehead atoms. The molecule has 1 aromatic carbocycles. The Morgan fingerprint density at radius 1 is 1.21 bits per heavy atom. The maximum absolute atomic E-state index is 13.3. The molecule has 0 spiro atoms. The van der Waals surface area contributed by atoms with Gasteiger partial charge in [-0.15, -0.1) is 0 Å². The molecule has 0 atom stereocenters. The van der Waals surface area contributed by atoms with Gasteiger partial charge in [-0.3, -0.25) is 4.98 Å². The topological polar surface area (TPSA) is 54.0 Å². The first-order valence-corrected chi connectivity index (χ1v) is 5.94. The van der Waals surface area contributed by atoms with Crippen molar-refractivity contribution < 1.29 is 9.18 Å². The molecule has 98 valence electrons. The number of nitrogens with one attached hydrogen (secondary N) is 2. The van der Waals surface area contributed by atoms with Crippen molar-refractivity contribution in [3.8, 4) is 0 Å². The summed E-state index contributed by atoms with van der Waals surface area (Å²) in [5.41, 5.74) is 1.20. The van der Waals surface area contributed by atoms with E-state index in [1.54, 1.807) is 42.7 Å². The lowest BCUT2D eigenvalue weighted by atomic mass is 10.1. The van der Waals surface area contributed by atoms with Gasteiger partial charge >= 0.3 is 6.03 Å². The van der Waals surface area contributed by atoms with E-state index in [0.717, 1.165) is 0 Å². The Kier molecular flexibility index (Phi) is 4.44. The number of carbonyl (C=O) groups is 1. The van der Waals surface area contributed by atoms with Crippen LogP contribution in [0.1, 0.15) is 5.56 Å². The summed E-state index contributed by atoms with van der Waals surface area (Å²) in [4.78, 5) is 15.4. The normalized spacial score (nSPS) is 9.95. The number of hydrogen-bond donors (Lipinski definition) is 2. The maximum atomic E-state index is 13.3. The SMILES string of the molecule is O=C(NCCc1ccccc1F)Nc1cccnc1. The minimum Gasteiger partial charge on any atom is -0.338 e. The predicted molar refractivity (Wildman–Crippen MR) is 71.4 cm³/mol. The molecule has 2 N–H and O–H groups in total. The molecule has 0 aliphatic carbocycles. The monoisotopic (exact) mass is 259 g/mol. The van der Waals surface area contributed by atoms with Gasteiger partial charge in [0.05, 0.1) is 11.9 Å². The van der Waals surface area contributed by atoms with Gasteiger partial charge in [0.25, 0.3) is 0 Å². The molecule has 0 radical (unpaired) electrons. The molecule has 0 fully saturated rings. The third-order valence-electron chi connectivity index (χ3n) is 2.56. The fourth-order valence-corrected chi connectivity index (χ4v) is 1.62. The van der Waals surface area contributed by atoms with Crippen LogP contribution in [0.25, 0.3) is 0 Å². The summed E-state index contributed by atoms with van der Waals surface area (Å²) in [7, 11) is 0. The van der Waals surface area contributed by atoms with Crippen molar-refractivity contribution in [3.05, 3.63) is 60.2 Å². The Labute approximate surface area is 110 Å². The van der Waals surface area contributed by atoms with Gasteiger partial charge in [-0.1, -0.05) is 18.2 Å². The first-order valence-electron chi connectivity index (χ1n) is 5.94. The molecule has 0 saturated carbocycles. The van der Waals surface area contributed by atoms with Crippen LogP contribution in [-0.2, 0) is 6.42 Å². The second-order valence-electron chi connectivity index (χ2n) is 3.96. The van der Waals surface area contributed by atoms with Gasteiger partial charge in [-0.05, 0) is 30.2 Å². The Morgan fingerprint density at radius 3 is 2.79 bits per heavy atom. The van der Waals surface area contributed by atoms with Gasteiger partial charge in [0.15, 0.2) is 0 Å². The standard InChI is InChI=1S/C14H14FN3O/c15-13-6-2-1-4-11(13)7-9-17-14(19)18-12-5-3-8-16-10-12/h1-6,8,10H,7,9H2,(H2,17,18,19). The first kappa shape index (κ1) is 13.0. The lowest BCUT2D eigenvalue weighted by molar-refractivity contribution is 0.252. The smallest absolute Gasteiger partial charge is 0.319 e. The molecular formula is C14H14FN3O. The summed E-state index contributed by atoms with van der Waals surface area (Å²) >= 11 is 0. The van der Waals surface area contributed by atoms with Crippen molar-refractivity contribution in [1.29, 1.82) is 0 Å². The van der Waals surface area contributed by atoms with Gasteiger partial charge in [-0.25, -0.2) is 9.18 Å². The van der Waals surface area contributed by atoms with Crippen LogP contribution < -0.4 is 10.6 Å². The van der Waals surface area contributed by atoms with Crippen LogP contribution in [0.3, 0.4) is 0 Å². The van der Waals surface area contributed by atoms with Crippen LogP contribution in [0.15, 0.2) is 48.8 Å². The maximum Gasteiger partial charge on any atom is 0.319 e. The number of aromatic nitrogens is 1. The number of rotatable bonds is 4.